The Hall–Kier alpha value is -2.44. The number of carbonyl (C=O) groups excluding carboxylic acids is 2. The Morgan fingerprint density at radius 1 is 1.36 bits per heavy atom. The Kier molecular flexibility index (Phi) is 3.74. The second-order valence-corrected chi connectivity index (χ2v) is 6.87. The number of hydrogen-bond donors (Lipinski definition) is 0. The lowest BCUT2D eigenvalue weighted by Gasteiger charge is -2.34. The summed E-state index contributed by atoms with van der Waals surface area (Å²) in [6.45, 7) is 4.21. The number of rotatable bonds is 4. The molecule has 7 nitrogen and oxygen atoms in total. The van der Waals surface area contributed by atoms with Gasteiger partial charge in [0.15, 0.2) is 5.65 Å². The molecule has 0 radical (unpaired) electrons. The highest BCUT2D eigenvalue weighted by atomic mass is 16.5. The second kappa shape index (κ2) is 5.82. The molecule has 2 fully saturated rings. The molecule has 2 aromatic rings. The van der Waals surface area contributed by atoms with Gasteiger partial charge in [-0.05, 0) is 44.7 Å². The van der Waals surface area contributed by atoms with E-state index in [1.165, 1.54) is 6.33 Å². The van der Waals surface area contributed by atoms with E-state index in [9.17, 15) is 9.59 Å². The van der Waals surface area contributed by atoms with Gasteiger partial charge in [0, 0.05) is 23.8 Å². The third-order valence-corrected chi connectivity index (χ3v) is 5.82. The summed E-state index contributed by atoms with van der Waals surface area (Å²) in [6, 6.07) is 3.55. The largest absolute Gasteiger partial charge is 0.466 e. The molecule has 4 heterocycles. The van der Waals surface area contributed by atoms with Crippen LogP contribution in [0.3, 0.4) is 0 Å². The first kappa shape index (κ1) is 16.1. The van der Waals surface area contributed by atoms with Gasteiger partial charge in [-0.1, -0.05) is 6.92 Å². The fourth-order valence-electron chi connectivity index (χ4n) is 4.61. The Morgan fingerprint density at radius 2 is 2.20 bits per heavy atom. The van der Waals surface area contributed by atoms with E-state index >= 15 is 0 Å². The first-order valence-corrected chi connectivity index (χ1v) is 8.90. The molecule has 0 saturated carbocycles. The zero-order chi connectivity index (χ0) is 17.6. The highest BCUT2D eigenvalue weighted by molar-refractivity contribution is 5.96. The van der Waals surface area contributed by atoms with Crippen LogP contribution in [0.1, 0.15) is 49.9 Å². The van der Waals surface area contributed by atoms with Gasteiger partial charge in [0.2, 0.25) is 0 Å². The molecule has 0 unspecified atom stereocenters. The average Bonchev–Trinajstić information content (AvgIpc) is 3.33. The van der Waals surface area contributed by atoms with Gasteiger partial charge in [0.05, 0.1) is 12.0 Å². The van der Waals surface area contributed by atoms with Crippen LogP contribution in [0.2, 0.25) is 0 Å². The molecule has 132 valence electrons. The lowest BCUT2D eigenvalue weighted by molar-refractivity contribution is -0.157. The smallest absolute Gasteiger partial charge is 0.314 e. The van der Waals surface area contributed by atoms with Crippen molar-refractivity contribution in [3.63, 3.8) is 0 Å². The second-order valence-electron chi connectivity index (χ2n) is 6.87. The minimum atomic E-state index is -0.562. The molecule has 0 N–H and O–H groups in total. The molecule has 1 amide bonds. The summed E-state index contributed by atoms with van der Waals surface area (Å²) in [6.07, 6.45) is 6.41. The summed E-state index contributed by atoms with van der Waals surface area (Å²) >= 11 is 0. The van der Waals surface area contributed by atoms with Crippen molar-refractivity contribution in [1.82, 2.24) is 19.5 Å². The number of pyridine rings is 1. The highest BCUT2D eigenvalue weighted by Gasteiger charge is 2.61. The molecule has 2 aliphatic rings. The number of esters is 1. The molecule has 4 rings (SSSR count). The van der Waals surface area contributed by atoms with Gasteiger partial charge >= 0.3 is 5.97 Å². The molecule has 2 bridgehead atoms. The van der Waals surface area contributed by atoms with Crippen molar-refractivity contribution in [2.24, 2.45) is 5.41 Å². The van der Waals surface area contributed by atoms with Crippen LogP contribution < -0.4 is 0 Å². The van der Waals surface area contributed by atoms with Gasteiger partial charge < -0.3 is 9.64 Å². The number of ether oxygens (including phenoxy) is 1. The van der Waals surface area contributed by atoms with Crippen LogP contribution in [0.15, 0.2) is 24.7 Å². The van der Waals surface area contributed by atoms with Gasteiger partial charge in [-0.3, -0.25) is 9.59 Å². The van der Waals surface area contributed by atoms with E-state index in [-0.39, 0.29) is 24.0 Å². The number of hydrogen-bond acceptors (Lipinski definition) is 5. The van der Waals surface area contributed by atoms with Crippen LogP contribution in [0.25, 0.3) is 5.65 Å². The molecule has 0 aromatic carbocycles. The van der Waals surface area contributed by atoms with Crippen LogP contribution in [0, 0.1) is 5.41 Å². The molecule has 25 heavy (non-hydrogen) atoms. The topological polar surface area (TPSA) is 76.8 Å². The number of amides is 1. The summed E-state index contributed by atoms with van der Waals surface area (Å²) in [5, 5.41) is 4.06. The number of nitrogens with zero attached hydrogens (tertiary/aromatic N) is 4. The Bertz CT molecular complexity index is 833. The van der Waals surface area contributed by atoms with Crippen molar-refractivity contribution in [3.05, 3.63) is 30.2 Å². The van der Waals surface area contributed by atoms with Gasteiger partial charge in [-0.25, -0.2) is 9.50 Å². The molecule has 3 atom stereocenters. The SMILES string of the molecule is CCOC(=O)[C@@]1(CC)C[C@H]2CC[C@@H]1N2C(=O)c1ccn2ncnc2c1. The van der Waals surface area contributed by atoms with Crippen molar-refractivity contribution in [3.8, 4) is 0 Å². The van der Waals surface area contributed by atoms with Crippen molar-refractivity contribution in [2.45, 2.75) is 51.6 Å². The average molecular weight is 342 g/mol. The normalized spacial score (nSPS) is 27.8. The van der Waals surface area contributed by atoms with E-state index in [1.807, 2.05) is 18.7 Å². The van der Waals surface area contributed by atoms with Crippen LogP contribution in [0.4, 0.5) is 0 Å². The summed E-state index contributed by atoms with van der Waals surface area (Å²) in [7, 11) is 0. The van der Waals surface area contributed by atoms with Crippen LogP contribution in [0.5, 0.6) is 0 Å². The lowest BCUT2D eigenvalue weighted by atomic mass is 9.72. The molecule has 2 saturated heterocycles. The molecular weight excluding hydrogens is 320 g/mol. The maximum Gasteiger partial charge on any atom is 0.314 e. The summed E-state index contributed by atoms with van der Waals surface area (Å²) in [4.78, 5) is 31.9. The number of fused-ring (bicyclic) bond motifs is 3. The van der Waals surface area contributed by atoms with Crippen molar-refractivity contribution >= 4 is 17.5 Å². The zero-order valence-corrected chi connectivity index (χ0v) is 14.5. The molecule has 0 aliphatic carbocycles. The first-order chi connectivity index (χ1) is 12.1. The quantitative estimate of drug-likeness (QED) is 0.795. The molecule has 7 heteroatoms. The van der Waals surface area contributed by atoms with E-state index < -0.39 is 5.41 Å². The Balaban J connectivity index is 1.66. The Labute approximate surface area is 146 Å². The molecule has 2 aromatic heterocycles. The van der Waals surface area contributed by atoms with Crippen LogP contribution in [-0.2, 0) is 9.53 Å². The summed E-state index contributed by atoms with van der Waals surface area (Å²) in [5.41, 5.74) is 0.672. The summed E-state index contributed by atoms with van der Waals surface area (Å²) in [5.74, 6) is -0.187. The maximum absolute atomic E-state index is 13.2. The standard InChI is InChI=1S/C18H22N4O3/c1-3-18(17(24)25-4-2)10-13-5-6-14(18)22(13)16(23)12-7-8-21-15(9-12)19-11-20-21/h7-9,11,13-14H,3-6,10H2,1-2H3/t13-,14+,18+/m1/s1. The van der Waals surface area contributed by atoms with E-state index in [1.54, 1.807) is 22.8 Å². The fraction of sp³-hybridized carbons (Fsp3) is 0.556. The predicted molar refractivity (Wildman–Crippen MR) is 89.9 cm³/mol. The van der Waals surface area contributed by atoms with Gasteiger partial charge in [0.25, 0.3) is 5.91 Å². The number of carbonyl (C=O) groups is 2. The fourth-order valence-corrected chi connectivity index (χ4v) is 4.61. The minimum absolute atomic E-state index is 0.0300. The molecule has 2 aliphatic heterocycles. The lowest BCUT2D eigenvalue weighted by Crippen LogP contribution is -2.45. The summed E-state index contributed by atoms with van der Waals surface area (Å²) < 4.78 is 6.98. The van der Waals surface area contributed by atoms with E-state index in [0.29, 0.717) is 30.7 Å². The predicted octanol–water partition coefficient (Wildman–Crippen LogP) is 2.07. The van der Waals surface area contributed by atoms with Gasteiger partial charge in [0.1, 0.15) is 6.33 Å². The van der Waals surface area contributed by atoms with E-state index in [2.05, 4.69) is 10.1 Å². The third kappa shape index (κ3) is 2.25. The monoisotopic (exact) mass is 342 g/mol. The molecule has 0 spiro atoms. The Morgan fingerprint density at radius 3 is 2.96 bits per heavy atom. The van der Waals surface area contributed by atoms with Crippen molar-refractivity contribution in [2.75, 3.05) is 6.61 Å². The minimum Gasteiger partial charge on any atom is -0.466 e. The first-order valence-electron chi connectivity index (χ1n) is 8.90. The van der Waals surface area contributed by atoms with Gasteiger partial charge in [-0.15, -0.1) is 0 Å². The number of aromatic nitrogens is 3. The van der Waals surface area contributed by atoms with E-state index in [4.69, 9.17) is 4.74 Å². The zero-order valence-electron chi connectivity index (χ0n) is 14.5. The van der Waals surface area contributed by atoms with Crippen LogP contribution >= 0.6 is 0 Å². The van der Waals surface area contributed by atoms with Crippen molar-refractivity contribution in [1.29, 1.82) is 0 Å². The highest BCUT2D eigenvalue weighted by Crippen LogP contribution is 2.52. The molecular formula is C18H22N4O3. The van der Waals surface area contributed by atoms with Crippen molar-refractivity contribution < 1.29 is 14.3 Å². The van der Waals surface area contributed by atoms with Gasteiger partial charge in [-0.2, -0.15) is 5.10 Å². The van der Waals surface area contributed by atoms with Crippen LogP contribution in [-0.4, -0.2) is 50.1 Å². The van der Waals surface area contributed by atoms with E-state index in [0.717, 1.165) is 12.8 Å². The maximum atomic E-state index is 13.2. The third-order valence-electron chi connectivity index (χ3n) is 5.82.